The van der Waals surface area contributed by atoms with Crippen LogP contribution in [-0.4, -0.2) is 23.4 Å². The molecule has 0 atom stereocenters. The molecule has 0 bridgehead atoms. The van der Waals surface area contributed by atoms with Crippen molar-refractivity contribution in [2.24, 2.45) is 0 Å². The molecule has 2 rings (SSSR count). The molecule has 0 saturated carbocycles. The molecule has 0 aliphatic carbocycles. The van der Waals surface area contributed by atoms with E-state index < -0.39 is 0 Å². The Labute approximate surface area is 111 Å². The van der Waals surface area contributed by atoms with Gasteiger partial charge in [-0.25, -0.2) is 9.97 Å². The number of aryl methyl sites for hydroxylation is 1. The van der Waals surface area contributed by atoms with E-state index in [9.17, 15) is 4.79 Å². The minimum absolute atomic E-state index is 0.170. The van der Waals surface area contributed by atoms with Crippen molar-refractivity contribution in [3.63, 3.8) is 0 Å². The zero-order chi connectivity index (χ0) is 13.8. The summed E-state index contributed by atoms with van der Waals surface area (Å²) < 4.78 is 5.31. The van der Waals surface area contributed by atoms with Crippen LogP contribution in [-0.2, 0) is 6.42 Å². The van der Waals surface area contributed by atoms with Crippen LogP contribution < -0.4 is 10.5 Å². The first-order valence-corrected chi connectivity index (χ1v) is 5.94. The minimum atomic E-state index is 0.170. The number of nitrogen functional groups attached to an aromatic ring is 1. The molecule has 5 heteroatoms. The summed E-state index contributed by atoms with van der Waals surface area (Å²) >= 11 is 0. The molecule has 0 aliphatic rings. The Kier molecular flexibility index (Phi) is 3.75. The maximum Gasteiger partial charge on any atom is 0.165 e. The summed E-state index contributed by atoms with van der Waals surface area (Å²) in [5, 5.41) is 0. The predicted molar refractivity (Wildman–Crippen MR) is 73.2 cm³/mol. The van der Waals surface area contributed by atoms with Crippen molar-refractivity contribution in [1.29, 1.82) is 0 Å². The Hall–Kier alpha value is -2.43. The number of aldehydes is 1. The lowest BCUT2D eigenvalue weighted by molar-refractivity contribution is 0.112. The van der Waals surface area contributed by atoms with E-state index in [0.717, 1.165) is 17.5 Å². The maximum absolute atomic E-state index is 10.7. The summed E-state index contributed by atoms with van der Waals surface area (Å²) in [7, 11) is 1.59. The molecule has 1 aromatic heterocycles. The number of nitrogens with zero attached hydrogens (tertiary/aromatic N) is 2. The third-order valence-electron chi connectivity index (χ3n) is 2.89. The molecule has 2 aromatic rings. The second-order valence-electron chi connectivity index (χ2n) is 4.04. The Bertz CT molecular complexity index is 612. The highest BCUT2D eigenvalue weighted by atomic mass is 16.5. The molecule has 0 fully saturated rings. The van der Waals surface area contributed by atoms with Gasteiger partial charge in [0, 0.05) is 6.20 Å². The van der Waals surface area contributed by atoms with Crippen molar-refractivity contribution in [3.05, 3.63) is 35.5 Å². The number of anilines is 1. The Morgan fingerprint density at radius 3 is 2.79 bits per heavy atom. The van der Waals surface area contributed by atoms with E-state index in [4.69, 9.17) is 10.5 Å². The quantitative estimate of drug-likeness (QED) is 0.849. The predicted octanol–water partition coefficient (Wildman–Crippen LogP) is 2.11. The van der Waals surface area contributed by atoms with E-state index >= 15 is 0 Å². The molecule has 1 heterocycles. The first-order chi connectivity index (χ1) is 9.19. The Morgan fingerprint density at radius 2 is 2.21 bits per heavy atom. The number of benzene rings is 1. The van der Waals surface area contributed by atoms with Crippen LogP contribution in [0.15, 0.2) is 24.4 Å². The van der Waals surface area contributed by atoms with Gasteiger partial charge < -0.3 is 10.5 Å². The molecule has 0 saturated heterocycles. The van der Waals surface area contributed by atoms with E-state index in [1.54, 1.807) is 7.11 Å². The fourth-order valence-electron chi connectivity index (χ4n) is 1.77. The number of methoxy groups -OCH3 is 1. The molecule has 0 spiro atoms. The molecule has 1 aromatic carbocycles. The number of rotatable bonds is 4. The number of hydrogen-bond donors (Lipinski definition) is 1. The zero-order valence-corrected chi connectivity index (χ0v) is 10.9. The van der Waals surface area contributed by atoms with Gasteiger partial charge in [0.2, 0.25) is 0 Å². The topological polar surface area (TPSA) is 78.1 Å². The van der Waals surface area contributed by atoms with E-state index in [0.29, 0.717) is 17.9 Å². The van der Waals surface area contributed by atoms with Crippen LogP contribution in [0, 0.1) is 0 Å². The van der Waals surface area contributed by atoms with Gasteiger partial charge in [0.25, 0.3) is 0 Å². The lowest BCUT2D eigenvalue weighted by Gasteiger charge is -2.10. The van der Waals surface area contributed by atoms with Crippen LogP contribution in [0.1, 0.15) is 22.8 Å². The van der Waals surface area contributed by atoms with E-state index in [1.165, 1.54) is 6.20 Å². The third kappa shape index (κ3) is 2.54. The SMILES string of the molecule is CCc1ccc(OC)c(-c2ncc(C=O)c(N)n2)c1. The van der Waals surface area contributed by atoms with Crippen LogP contribution >= 0.6 is 0 Å². The third-order valence-corrected chi connectivity index (χ3v) is 2.89. The molecule has 0 unspecified atom stereocenters. The normalized spacial score (nSPS) is 10.2. The summed E-state index contributed by atoms with van der Waals surface area (Å²) in [5.74, 6) is 1.30. The molecular weight excluding hydrogens is 242 g/mol. The number of aromatic nitrogens is 2. The fraction of sp³-hybridized carbons (Fsp3) is 0.214. The lowest BCUT2D eigenvalue weighted by atomic mass is 10.1. The second-order valence-corrected chi connectivity index (χ2v) is 4.04. The summed E-state index contributed by atoms with van der Waals surface area (Å²) in [6.07, 6.45) is 2.96. The lowest BCUT2D eigenvalue weighted by Crippen LogP contribution is -2.01. The van der Waals surface area contributed by atoms with Gasteiger partial charge in [-0.2, -0.15) is 0 Å². The van der Waals surface area contributed by atoms with Gasteiger partial charge in [-0.15, -0.1) is 0 Å². The molecule has 98 valence electrons. The van der Waals surface area contributed by atoms with Crippen molar-refractivity contribution in [3.8, 4) is 17.1 Å². The number of nitrogens with two attached hydrogens (primary N) is 1. The van der Waals surface area contributed by atoms with Crippen molar-refractivity contribution in [2.45, 2.75) is 13.3 Å². The van der Waals surface area contributed by atoms with Gasteiger partial charge in [-0.3, -0.25) is 4.79 Å². The standard InChI is InChI=1S/C14H15N3O2/c1-3-9-4-5-12(19-2)11(6-9)14-16-7-10(8-18)13(15)17-14/h4-8H,3H2,1-2H3,(H2,15,16,17). The van der Waals surface area contributed by atoms with Gasteiger partial charge in [0.15, 0.2) is 12.1 Å². The summed E-state index contributed by atoms with van der Waals surface area (Å²) in [5.41, 5.74) is 7.91. The van der Waals surface area contributed by atoms with Gasteiger partial charge in [-0.05, 0) is 24.1 Å². The maximum atomic E-state index is 10.7. The first kappa shape index (κ1) is 13.0. The van der Waals surface area contributed by atoms with Crippen LogP contribution in [0.2, 0.25) is 0 Å². The highest BCUT2D eigenvalue weighted by molar-refractivity contribution is 5.82. The highest BCUT2D eigenvalue weighted by Crippen LogP contribution is 2.29. The summed E-state index contributed by atoms with van der Waals surface area (Å²) in [6.45, 7) is 2.07. The summed E-state index contributed by atoms with van der Waals surface area (Å²) in [6, 6.07) is 5.83. The number of carbonyl (C=O) groups excluding carboxylic acids is 1. The monoisotopic (exact) mass is 257 g/mol. The van der Waals surface area contributed by atoms with Gasteiger partial charge in [0.1, 0.15) is 11.6 Å². The number of carbonyl (C=O) groups is 1. The van der Waals surface area contributed by atoms with E-state index in [1.807, 2.05) is 18.2 Å². The second kappa shape index (κ2) is 5.48. The van der Waals surface area contributed by atoms with Crippen LogP contribution in [0.5, 0.6) is 5.75 Å². The van der Waals surface area contributed by atoms with E-state index in [2.05, 4.69) is 16.9 Å². The largest absolute Gasteiger partial charge is 0.496 e. The Morgan fingerprint density at radius 1 is 1.42 bits per heavy atom. The highest BCUT2D eigenvalue weighted by Gasteiger charge is 2.11. The number of ether oxygens (including phenoxy) is 1. The van der Waals surface area contributed by atoms with Crippen LogP contribution in [0.4, 0.5) is 5.82 Å². The van der Waals surface area contributed by atoms with Gasteiger partial charge in [-0.1, -0.05) is 13.0 Å². The molecule has 0 aliphatic heterocycles. The van der Waals surface area contributed by atoms with Crippen molar-refractivity contribution >= 4 is 12.1 Å². The average molecular weight is 257 g/mol. The van der Waals surface area contributed by atoms with E-state index in [-0.39, 0.29) is 11.4 Å². The average Bonchev–Trinajstić information content (AvgIpc) is 2.46. The van der Waals surface area contributed by atoms with Gasteiger partial charge in [0.05, 0.1) is 18.2 Å². The molecule has 2 N–H and O–H groups in total. The zero-order valence-electron chi connectivity index (χ0n) is 10.9. The smallest absolute Gasteiger partial charge is 0.165 e. The molecular formula is C14H15N3O2. The molecule has 19 heavy (non-hydrogen) atoms. The number of hydrogen-bond acceptors (Lipinski definition) is 5. The van der Waals surface area contributed by atoms with Gasteiger partial charge >= 0.3 is 0 Å². The van der Waals surface area contributed by atoms with Crippen LogP contribution in [0.3, 0.4) is 0 Å². The van der Waals surface area contributed by atoms with Crippen LogP contribution in [0.25, 0.3) is 11.4 Å². The molecule has 0 radical (unpaired) electrons. The van der Waals surface area contributed by atoms with Crippen molar-refractivity contribution in [2.75, 3.05) is 12.8 Å². The minimum Gasteiger partial charge on any atom is -0.496 e. The molecule has 0 amide bonds. The Balaban J connectivity index is 2.56. The summed E-state index contributed by atoms with van der Waals surface area (Å²) in [4.78, 5) is 19.0. The van der Waals surface area contributed by atoms with Crippen molar-refractivity contribution in [1.82, 2.24) is 9.97 Å². The fourth-order valence-corrected chi connectivity index (χ4v) is 1.77. The van der Waals surface area contributed by atoms with Crippen molar-refractivity contribution < 1.29 is 9.53 Å². The molecule has 5 nitrogen and oxygen atoms in total. The first-order valence-electron chi connectivity index (χ1n) is 5.94.